The van der Waals surface area contributed by atoms with Crippen molar-refractivity contribution in [2.45, 2.75) is 25.2 Å². The van der Waals surface area contributed by atoms with Gasteiger partial charge in [0.1, 0.15) is 5.82 Å². The summed E-state index contributed by atoms with van der Waals surface area (Å²) in [6, 6.07) is 16.5. The van der Waals surface area contributed by atoms with Gasteiger partial charge in [0.05, 0.1) is 0 Å². The third-order valence-corrected chi connectivity index (χ3v) is 4.94. The summed E-state index contributed by atoms with van der Waals surface area (Å²) in [5.74, 6) is 1.93. The number of rotatable bonds is 3. The van der Waals surface area contributed by atoms with Crippen molar-refractivity contribution >= 4 is 23.8 Å². The Balaban J connectivity index is 1.68. The van der Waals surface area contributed by atoms with E-state index in [0.717, 1.165) is 17.9 Å². The second-order valence-electron chi connectivity index (χ2n) is 6.06. The van der Waals surface area contributed by atoms with Gasteiger partial charge in [-0.2, -0.15) is 5.10 Å². The standard InChI is InChI=1S/C18H16ClN3S/c1-11-2-4-12(5-3-11)15-10-16(15)17-20-21-18(23)22(17)14-8-6-13(19)7-9-14/h2-9,15-16H,10H2,1H3,(H,21,23)/t15-,16+/m1/s1. The lowest BCUT2D eigenvalue weighted by atomic mass is 10.1. The minimum atomic E-state index is 0.404. The Morgan fingerprint density at radius 2 is 1.78 bits per heavy atom. The molecule has 2 atom stereocenters. The lowest BCUT2D eigenvalue weighted by Crippen LogP contribution is -2.01. The second kappa shape index (κ2) is 5.62. The zero-order valence-electron chi connectivity index (χ0n) is 12.7. The Morgan fingerprint density at radius 3 is 2.48 bits per heavy atom. The molecule has 2 aromatic carbocycles. The van der Waals surface area contributed by atoms with E-state index in [1.807, 2.05) is 28.8 Å². The first-order valence-corrected chi connectivity index (χ1v) is 8.42. The summed E-state index contributed by atoms with van der Waals surface area (Å²) in [7, 11) is 0. The zero-order valence-corrected chi connectivity index (χ0v) is 14.2. The van der Waals surface area contributed by atoms with E-state index >= 15 is 0 Å². The van der Waals surface area contributed by atoms with E-state index in [-0.39, 0.29) is 0 Å². The molecule has 0 saturated heterocycles. The SMILES string of the molecule is Cc1ccc([C@H]2C[C@@H]2c2n[nH]c(=S)n2-c2ccc(Cl)cc2)cc1. The fraction of sp³-hybridized carbons (Fsp3) is 0.222. The Hall–Kier alpha value is -1.91. The first kappa shape index (κ1) is 14.7. The molecule has 1 aliphatic carbocycles. The van der Waals surface area contributed by atoms with Gasteiger partial charge in [-0.15, -0.1) is 0 Å². The topological polar surface area (TPSA) is 33.6 Å². The number of halogens is 1. The normalized spacial score (nSPS) is 19.7. The predicted octanol–water partition coefficient (Wildman–Crippen LogP) is 5.16. The number of nitrogens with one attached hydrogen (secondary N) is 1. The number of H-pyrrole nitrogens is 1. The van der Waals surface area contributed by atoms with Crippen molar-refractivity contribution in [2.75, 3.05) is 0 Å². The van der Waals surface area contributed by atoms with Crippen molar-refractivity contribution in [2.24, 2.45) is 0 Å². The summed E-state index contributed by atoms with van der Waals surface area (Å²) >= 11 is 11.4. The van der Waals surface area contributed by atoms with Gasteiger partial charge in [-0.3, -0.25) is 9.67 Å². The smallest absolute Gasteiger partial charge is 0.199 e. The number of aryl methyl sites for hydroxylation is 1. The maximum atomic E-state index is 5.98. The molecule has 23 heavy (non-hydrogen) atoms. The minimum absolute atomic E-state index is 0.404. The van der Waals surface area contributed by atoms with Crippen LogP contribution in [0.15, 0.2) is 48.5 Å². The van der Waals surface area contributed by atoms with Gasteiger partial charge < -0.3 is 0 Å². The summed E-state index contributed by atoms with van der Waals surface area (Å²) in [5.41, 5.74) is 3.66. The number of benzene rings is 2. The molecule has 0 unspecified atom stereocenters. The van der Waals surface area contributed by atoms with Crippen molar-refractivity contribution in [3.63, 3.8) is 0 Å². The van der Waals surface area contributed by atoms with Gasteiger partial charge >= 0.3 is 0 Å². The highest BCUT2D eigenvalue weighted by Crippen LogP contribution is 2.54. The largest absolute Gasteiger partial charge is 0.272 e. The van der Waals surface area contributed by atoms with Crippen LogP contribution in [0.25, 0.3) is 5.69 Å². The Morgan fingerprint density at radius 1 is 1.09 bits per heavy atom. The number of aromatic nitrogens is 3. The van der Waals surface area contributed by atoms with Crippen LogP contribution in [-0.4, -0.2) is 14.8 Å². The van der Waals surface area contributed by atoms with Gasteiger partial charge in [-0.25, -0.2) is 0 Å². The molecule has 4 rings (SSSR count). The van der Waals surface area contributed by atoms with Crippen LogP contribution < -0.4 is 0 Å². The number of hydrogen-bond acceptors (Lipinski definition) is 2. The van der Waals surface area contributed by atoms with Crippen LogP contribution in [0.3, 0.4) is 0 Å². The molecule has 116 valence electrons. The zero-order chi connectivity index (χ0) is 16.0. The highest BCUT2D eigenvalue weighted by molar-refractivity contribution is 7.71. The molecule has 0 amide bonds. The van der Waals surface area contributed by atoms with E-state index in [4.69, 9.17) is 23.8 Å². The van der Waals surface area contributed by atoms with Crippen LogP contribution in [0.5, 0.6) is 0 Å². The van der Waals surface area contributed by atoms with Crippen LogP contribution >= 0.6 is 23.8 Å². The van der Waals surface area contributed by atoms with E-state index in [2.05, 4.69) is 41.4 Å². The predicted molar refractivity (Wildman–Crippen MR) is 95.0 cm³/mol. The van der Waals surface area contributed by atoms with Crippen molar-refractivity contribution in [3.8, 4) is 5.69 Å². The van der Waals surface area contributed by atoms with Gasteiger partial charge in [0.2, 0.25) is 0 Å². The Kier molecular flexibility index (Phi) is 3.58. The van der Waals surface area contributed by atoms with Gasteiger partial charge in [0.25, 0.3) is 0 Å². The summed E-state index contributed by atoms with van der Waals surface area (Å²) in [6.45, 7) is 2.11. The van der Waals surface area contributed by atoms with E-state index in [0.29, 0.717) is 21.6 Å². The molecule has 1 heterocycles. The molecule has 1 aromatic heterocycles. The molecule has 5 heteroatoms. The average molecular weight is 342 g/mol. The maximum absolute atomic E-state index is 5.98. The van der Waals surface area contributed by atoms with E-state index in [9.17, 15) is 0 Å². The number of nitrogens with zero attached hydrogens (tertiary/aromatic N) is 2. The monoisotopic (exact) mass is 341 g/mol. The minimum Gasteiger partial charge on any atom is -0.272 e. The van der Waals surface area contributed by atoms with Crippen molar-refractivity contribution < 1.29 is 0 Å². The molecule has 3 nitrogen and oxygen atoms in total. The lowest BCUT2D eigenvalue weighted by Gasteiger charge is -2.07. The molecule has 0 aliphatic heterocycles. The fourth-order valence-corrected chi connectivity index (χ4v) is 3.43. The molecule has 1 saturated carbocycles. The lowest BCUT2D eigenvalue weighted by molar-refractivity contribution is 0.846. The molecule has 0 radical (unpaired) electrons. The van der Waals surface area contributed by atoms with Crippen LogP contribution in [0.2, 0.25) is 5.02 Å². The van der Waals surface area contributed by atoms with Gasteiger partial charge in [0.15, 0.2) is 4.77 Å². The maximum Gasteiger partial charge on any atom is 0.199 e. The molecule has 1 fully saturated rings. The third-order valence-electron chi connectivity index (χ3n) is 4.41. The van der Waals surface area contributed by atoms with Crippen LogP contribution in [0.4, 0.5) is 0 Å². The fourth-order valence-electron chi connectivity index (χ4n) is 3.06. The van der Waals surface area contributed by atoms with Gasteiger partial charge in [-0.05, 0) is 61.3 Å². The molecule has 1 aliphatic rings. The van der Waals surface area contributed by atoms with Crippen LogP contribution in [0.1, 0.15) is 35.2 Å². The van der Waals surface area contributed by atoms with E-state index in [1.54, 1.807) is 0 Å². The Bertz CT molecular complexity index is 893. The van der Waals surface area contributed by atoms with Crippen molar-refractivity contribution in [1.29, 1.82) is 0 Å². The summed E-state index contributed by atoms with van der Waals surface area (Å²) in [4.78, 5) is 0. The summed E-state index contributed by atoms with van der Waals surface area (Å²) in [6.07, 6.45) is 1.11. The van der Waals surface area contributed by atoms with E-state index < -0.39 is 0 Å². The Labute approximate surface area is 144 Å². The van der Waals surface area contributed by atoms with Gasteiger partial charge in [-0.1, -0.05) is 41.4 Å². The molecule has 0 spiro atoms. The molecular formula is C18H16ClN3S. The first-order valence-electron chi connectivity index (χ1n) is 7.63. The summed E-state index contributed by atoms with van der Waals surface area (Å²) in [5, 5.41) is 8.14. The molecule has 0 bridgehead atoms. The third kappa shape index (κ3) is 2.73. The number of aromatic amines is 1. The quantitative estimate of drug-likeness (QED) is 0.667. The van der Waals surface area contributed by atoms with Crippen LogP contribution in [-0.2, 0) is 0 Å². The first-order chi connectivity index (χ1) is 11.1. The van der Waals surface area contributed by atoms with E-state index in [1.165, 1.54) is 11.1 Å². The van der Waals surface area contributed by atoms with Crippen LogP contribution in [0, 0.1) is 11.7 Å². The highest BCUT2D eigenvalue weighted by atomic mass is 35.5. The molecule has 3 aromatic rings. The average Bonchev–Trinajstić information content (AvgIpc) is 3.25. The van der Waals surface area contributed by atoms with Gasteiger partial charge in [0, 0.05) is 16.6 Å². The highest BCUT2D eigenvalue weighted by Gasteiger charge is 2.43. The number of hydrogen-bond donors (Lipinski definition) is 1. The molecular weight excluding hydrogens is 326 g/mol. The second-order valence-corrected chi connectivity index (χ2v) is 6.88. The van der Waals surface area contributed by atoms with Crippen molar-refractivity contribution in [1.82, 2.24) is 14.8 Å². The summed E-state index contributed by atoms with van der Waals surface area (Å²) < 4.78 is 2.64. The molecule has 1 N–H and O–H groups in total. The van der Waals surface area contributed by atoms with Crippen molar-refractivity contribution in [3.05, 3.63) is 75.3 Å².